The van der Waals surface area contributed by atoms with Crippen LogP contribution in [0.25, 0.3) is 0 Å². The summed E-state index contributed by atoms with van der Waals surface area (Å²) in [6, 6.07) is 10.2. The second kappa shape index (κ2) is 9.45. The number of carbonyl (C=O) groups excluding carboxylic acids is 2. The first-order valence-corrected chi connectivity index (χ1v) is 8.13. The molecule has 6 nitrogen and oxygen atoms in total. The van der Waals surface area contributed by atoms with Gasteiger partial charge in [-0.1, -0.05) is 12.1 Å². The summed E-state index contributed by atoms with van der Waals surface area (Å²) in [5.74, 6) is -0.600. The van der Waals surface area contributed by atoms with Gasteiger partial charge in [-0.25, -0.2) is 4.79 Å². The van der Waals surface area contributed by atoms with Crippen LogP contribution < -0.4 is 20.7 Å². The van der Waals surface area contributed by atoms with Gasteiger partial charge in [-0.05, 0) is 42.5 Å². The highest BCUT2D eigenvalue weighted by Gasteiger charge is 2.30. The number of carbonyl (C=O) groups is 2. The lowest BCUT2D eigenvalue weighted by atomic mass is 10.2. The van der Waals surface area contributed by atoms with Gasteiger partial charge in [0.15, 0.2) is 6.61 Å². The lowest BCUT2D eigenvalue weighted by Gasteiger charge is -2.11. The van der Waals surface area contributed by atoms with Crippen LogP contribution in [0, 0.1) is 0 Å². The average Bonchev–Trinajstić information content (AvgIpc) is 2.66. The third-order valence-corrected chi connectivity index (χ3v) is 3.36. The number of amides is 3. The van der Waals surface area contributed by atoms with Gasteiger partial charge in [-0.15, -0.1) is 6.58 Å². The molecule has 0 bridgehead atoms. The molecular formula is C19H18F3N3O3. The molecule has 0 saturated heterocycles. The summed E-state index contributed by atoms with van der Waals surface area (Å²) in [7, 11) is 0. The third-order valence-electron chi connectivity index (χ3n) is 3.36. The van der Waals surface area contributed by atoms with Crippen LogP contribution in [0.3, 0.4) is 0 Å². The number of halogens is 3. The van der Waals surface area contributed by atoms with Gasteiger partial charge in [0.25, 0.3) is 5.91 Å². The van der Waals surface area contributed by atoms with Gasteiger partial charge in [0.2, 0.25) is 0 Å². The Morgan fingerprint density at radius 1 is 1.04 bits per heavy atom. The van der Waals surface area contributed by atoms with Crippen molar-refractivity contribution >= 4 is 23.3 Å². The Kier molecular flexibility index (Phi) is 7.02. The van der Waals surface area contributed by atoms with Crippen LogP contribution in [0.4, 0.5) is 29.3 Å². The number of nitrogens with one attached hydrogen (secondary N) is 3. The maximum atomic E-state index is 12.7. The van der Waals surface area contributed by atoms with Crippen molar-refractivity contribution < 1.29 is 27.5 Å². The Bertz CT molecular complexity index is 836. The molecular weight excluding hydrogens is 375 g/mol. The second-order valence-corrected chi connectivity index (χ2v) is 5.56. The highest BCUT2D eigenvalue weighted by molar-refractivity contribution is 5.93. The molecule has 0 aliphatic rings. The highest BCUT2D eigenvalue weighted by Crippen LogP contribution is 2.31. The zero-order valence-corrected chi connectivity index (χ0v) is 14.7. The van der Waals surface area contributed by atoms with Gasteiger partial charge < -0.3 is 20.7 Å². The fourth-order valence-corrected chi connectivity index (χ4v) is 2.09. The SMILES string of the molecule is C=CCNC(=O)Nc1ccc(NC(=O)COc2cccc(C(F)(F)F)c2)cc1. The molecule has 0 unspecified atom stereocenters. The van der Waals surface area contributed by atoms with Crippen molar-refractivity contribution in [3.05, 3.63) is 66.7 Å². The molecule has 0 aromatic heterocycles. The van der Waals surface area contributed by atoms with E-state index in [4.69, 9.17) is 4.74 Å². The van der Waals surface area contributed by atoms with E-state index in [0.29, 0.717) is 17.9 Å². The Hall–Kier alpha value is -3.49. The molecule has 9 heteroatoms. The number of alkyl halides is 3. The van der Waals surface area contributed by atoms with Crippen molar-refractivity contribution in [3.8, 4) is 5.75 Å². The van der Waals surface area contributed by atoms with Crippen molar-refractivity contribution in [3.63, 3.8) is 0 Å². The normalized spacial score (nSPS) is 10.7. The van der Waals surface area contributed by atoms with Crippen molar-refractivity contribution in [2.75, 3.05) is 23.8 Å². The van der Waals surface area contributed by atoms with Crippen molar-refractivity contribution in [1.29, 1.82) is 0 Å². The number of benzene rings is 2. The summed E-state index contributed by atoms with van der Waals surface area (Å²) in [5.41, 5.74) is 0.0973. The molecule has 0 atom stereocenters. The van der Waals surface area contributed by atoms with Crippen LogP contribution >= 0.6 is 0 Å². The summed E-state index contributed by atoms with van der Waals surface area (Å²) in [4.78, 5) is 23.4. The van der Waals surface area contributed by atoms with Crippen LogP contribution in [0.2, 0.25) is 0 Å². The van der Waals surface area contributed by atoms with Crippen molar-refractivity contribution in [2.24, 2.45) is 0 Å². The molecule has 0 aliphatic carbocycles. The van der Waals surface area contributed by atoms with E-state index in [1.807, 2.05) is 0 Å². The molecule has 148 valence electrons. The quantitative estimate of drug-likeness (QED) is 0.622. The molecule has 0 aliphatic heterocycles. The van der Waals surface area contributed by atoms with E-state index < -0.39 is 30.3 Å². The fourth-order valence-electron chi connectivity index (χ4n) is 2.09. The van der Waals surface area contributed by atoms with Crippen LogP contribution in [0.5, 0.6) is 5.75 Å². The Labute approximate surface area is 159 Å². The van der Waals surface area contributed by atoms with Gasteiger partial charge in [-0.2, -0.15) is 13.2 Å². The average molecular weight is 393 g/mol. The number of rotatable bonds is 7. The Balaban J connectivity index is 1.85. The maximum absolute atomic E-state index is 12.7. The zero-order chi connectivity index (χ0) is 20.6. The fraction of sp³-hybridized carbons (Fsp3) is 0.158. The molecule has 0 fully saturated rings. The van der Waals surface area contributed by atoms with Crippen LogP contribution in [0.15, 0.2) is 61.2 Å². The molecule has 0 spiro atoms. The minimum absolute atomic E-state index is 0.0601. The summed E-state index contributed by atoms with van der Waals surface area (Å²) in [5, 5.41) is 7.69. The molecule has 3 N–H and O–H groups in total. The largest absolute Gasteiger partial charge is 0.484 e. The van der Waals surface area contributed by atoms with E-state index in [-0.39, 0.29) is 5.75 Å². The van der Waals surface area contributed by atoms with Gasteiger partial charge >= 0.3 is 12.2 Å². The number of urea groups is 1. The zero-order valence-electron chi connectivity index (χ0n) is 14.7. The molecule has 2 aromatic rings. The number of ether oxygens (including phenoxy) is 1. The van der Waals surface area contributed by atoms with Crippen LogP contribution in [-0.4, -0.2) is 25.1 Å². The van der Waals surface area contributed by atoms with E-state index in [0.717, 1.165) is 12.1 Å². The molecule has 3 amide bonds. The van der Waals surface area contributed by atoms with Gasteiger partial charge in [0, 0.05) is 17.9 Å². The summed E-state index contributed by atoms with van der Waals surface area (Å²) < 4.78 is 43.1. The van der Waals surface area contributed by atoms with E-state index in [9.17, 15) is 22.8 Å². The monoisotopic (exact) mass is 393 g/mol. The summed E-state index contributed by atoms with van der Waals surface area (Å²) in [6.07, 6.45) is -2.94. The first kappa shape index (κ1) is 20.8. The molecule has 0 saturated carbocycles. The van der Waals surface area contributed by atoms with Crippen molar-refractivity contribution in [1.82, 2.24) is 5.32 Å². The van der Waals surface area contributed by atoms with Crippen LogP contribution in [-0.2, 0) is 11.0 Å². The smallest absolute Gasteiger partial charge is 0.416 e. The molecule has 2 aromatic carbocycles. The Morgan fingerprint density at radius 2 is 1.68 bits per heavy atom. The lowest BCUT2D eigenvalue weighted by Crippen LogP contribution is -2.28. The van der Waals surface area contributed by atoms with E-state index in [2.05, 4.69) is 22.5 Å². The van der Waals surface area contributed by atoms with Gasteiger partial charge in [0.1, 0.15) is 5.75 Å². The first-order chi connectivity index (χ1) is 13.3. The minimum Gasteiger partial charge on any atom is -0.484 e. The van der Waals surface area contributed by atoms with Crippen molar-refractivity contribution in [2.45, 2.75) is 6.18 Å². The maximum Gasteiger partial charge on any atom is 0.416 e. The molecule has 28 heavy (non-hydrogen) atoms. The van der Waals surface area contributed by atoms with Gasteiger partial charge in [0.05, 0.1) is 5.56 Å². The second-order valence-electron chi connectivity index (χ2n) is 5.56. The summed E-state index contributed by atoms with van der Waals surface area (Å²) >= 11 is 0. The number of hydrogen-bond donors (Lipinski definition) is 3. The predicted octanol–water partition coefficient (Wildman–Crippen LogP) is 4.03. The Morgan fingerprint density at radius 3 is 2.29 bits per heavy atom. The van der Waals surface area contributed by atoms with Crippen LogP contribution in [0.1, 0.15) is 5.56 Å². The standard InChI is InChI=1S/C19H18F3N3O3/c1-2-10-23-18(27)25-15-8-6-14(7-9-15)24-17(26)12-28-16-5-3-4-13(11-16)19(20,21)22/h2-9,11H,1,10,12H2,(H,24,26)(H2,23,25,27). The highest BCUT2D eigenvalue weighted by atomic mass is 19.4. The van der Waals surface area contributed by atoms with E-state index in [1.165, 1.54) is 12.1 Å². The number of hydrogen-bond acceptors (Lipinski definition) is 3. The molecule has 2 rings (SSSR count). The topological polar surface area (TPSA) is 79.5 Å². The lowest BCUT2D eigenvalue weighted by molar-refractivity contribution is -0.137. The predicted molar refractivity (Wildman–Crippen MR) is 99.2 cm³/mol. The third kappa shape index (κ3) is 6.67. The molecule has 0 heterocycles. The number of anilines is 2. The van der Waals surface area contributed by atoms with E-state index in [1.54, 1.807) is 30.3 Å². The molecule has 0 radical (unpaired) electrons. The minimum atomic E-state index is -4.49. The van der Waals surface area contributed by atoms with Gasteiger partial charge in [-0.3, -0.25) is 4.79 Å². The summed E-state index contributed by atoms with van der Waals surface area (Å²) in [6.45, 7) is 3.36. The van der Waals surface area contributed by atoms with E-state index >= 15 is 0 Å². The first-order valence-electron chi connectivity index (χ1n) is 8.13.